The van der Waals surface area contributed by atoms with E-state index < -0.39 is 0 Å². The molecule has 6 nitrogen and oxygen atoms in total. The third-order valence-corrected chi connectivity index (χ3v) is 4.22. The van der Waals surface area contributed by atoms with E-state index in [0.29, 0.717) is 16.6 Å². The Morgan fingerprint density at radius 2 is 1.85 bits per heavy atom. The maximum absolute atomic E-state index is 12.4. The summed E-state index contributed by atoms with van der Waals surface area (Å²) < 4.78 is 1.03. The van der Waals surface area contributed by atoms with Gasteiger partial charge in [0.05, 0.1) is 17.2 Å². The first-order valence-corrected chi connectivity index (χ1v) is 8.12. The zero-order valence-electron chi connectivity index (χ0n) is 14.0. The average Bonchev–Trinajstić information content (AvgIpc) is 2.65. The lowest BCUT2D eigenvalue weighted by Gasteiger charge is -2.10. The number of aryl methyl sites for hydroxylation is 1. The number of hydrogen-bond donors (Lipinski definition) is 2. The van der Waals surface area contributed by atoms with Gasteiger partial charge in [-0.05, 0) is 36.8 Å². The van der Waals surface area contributed by atoms with E-state index in [1.807, 2.05) is 37.3 Å². The third-order valence-electron chi connectivity index (χ3n) is 4.22. The molecule has 2 heterocycles. The molecule has 1 aromatic heterocycles. The number of nitrogens with one attached hydrogen (secondary N) is 1. The number of hydrogen-bond acceptors (Lipinski definition) is 4. The molecule has 0 bridgehead atoms. The van der Waals surface area contributed by atoms with Gasteiger partial charge in [-0.1, -0.05) is 35.9 Å². The minimum atomic E-state index is -0.368. The summed E-state index contributed by atoms with van der Waals surface area (Å²) >= 11 is 0. The number of aromatic amines is 1. The molecule has 1 aromatic carbocycles. The summed E-state index contributed by atoms with van der Waals surface area (Å²) in [6, 6.07) is 16.8. The van der Waals surface area contributed by atoms with Crippen molar-refractivity contribution in [3.8, 4) is 22.4 Å². The van der Waals surface area contributed by atoms with Crippen molar-refractivity contribution in [2.75, 3.05) is 0 Å². The monoisotopic (exact) mass is 344 g/mol. The number of rotatable bonds is 2. The van der Waals surface area contributed by atoms with Crippen LogP contribution in [0.2, 0.25) is 0 Å². The molecule has 2 aromatic rings. The van der Waals surface area contributed by atoms with Crippen molar-refractivity contribution in [3.63, 3.8) is 0 Å². The van der Waals surface area contributed by atoms with Gasteiger partial charge in [0.2, 0.25) is 0 Å². The fraction of sp³-hybridized carbons (Fsp3) is 0.0500. The fourth-order valence-electron chi connectivity index (χ4n) is 2.88. The minimum Gasteiger partial charge on any atom is -0.428 e. The average molecular weight is 344 g/mol. The van der Waals surface area contributed by atoms with Crippen LogP contribution in [0, 0.1) is 6.92 Å². The van der Waals surface area contributed by atoms with Crippen LogP contribution in [0.4, 0.5) is 5.69 Å². The molecule has 128 valence electrons. The van der Waals surface area contributed by atoms with Crippen LogP contribution >= 0.6 is 0 Å². The Hall–Kier alpha value is -3.67. The molecule has 2 N–H and O–H groups in total. The second-order valence-corrected chi connectivity index (χ2v) is 6.00. The Bertz CT molecular complexity index is 1170. The van der Waals surface area contributed by atoms with Gasteiger partial charge in [-0.3, -0.25) is 4.79 Å². The lowest BCUT2D eigenvalue weighted by molar-refractivity contribution is 0.189. The van der Waals surface area contributed by atoms with Gasteiger partial charge in [0.25, 0.3) is 5.56 Å². The van der Waals surface area contributed by atoms with Gasteiger partial charge in [-0.2, -0.15) is 9.83 Å². The summed E-state index contributed by atoms with van der Waals surface area (Å²) in [5.41, 5.74) is 3.91. The molecule has 1 aliphatic carbocycles. The lowest BCUT2D eigenvalue weighted by atomic mass is 10.0. The maximum atomic E-state index is 12.4. The fourth-order valence-corrected chi connectivity index (χ4v) is 2.88. The highest BCUT2D eigenvalue weighted by Crippen LogP contribution is 2.26. The molecule has 0 saturated heterocycles. The summed E-state index contributed by atoms with van der Waals surface area (Å²) in [5.74, 6) is 0. The van der Waals surface area contributed by atoms with Crippen molar-refractivity contribution in [3.05, 3.63) is 88.3 Å². The number of nitrogens with zero attached hydrogens (tertiary/aromatic N) is 3. The number of benzene rings is 2. The van der Waals surface area contributed by atoms with Gasteiger partial charge in [0.15, 0.2) is 0 Å². The normalized spacial score (nSPS) is 11.8. The Kier molecular flexibility index (Phi) is 3.85. The molecular weight excluding hydrogens is 328 g/mol. The first kappa shape index (κ1) is 15.8. The SMILES string of the molecule is Cc1ccc(-c2cn[nH]c(=O)c2N=c2cccc3n(O)cccc2-3)cc1. The molecule has 2 aliphatic rings. The van der Waals surface area contributed by atoms with Gasteiger partial charge in [0, 0.05) is 17.3 Å². The summed E-state index contributed by atoms with van der Waals surface area (Å²) in [7, 11) is 0. The highest BCUT2D eigenvalue weighted by Gasteiger charge is 2.11. The van der Waals surface area contributed by atoms with Gasteiger partial charge in [-0.15, -0.1) is 0 Å². The molecule has 0 fully saturated rings. The summed E-state index contributed by atoms with van der Waals surface area (Å²) in [5, 5.41) is 16.9. The van der Waals surface area contributed by atoms with Crippen molar-refractivity contribution >= 4 is 5.69 Å². The molecule has 0 unspecified atom stereocenters. The first-order valence-electron chi connectivity index (χ1n) is 8.12. The lowest BCUT2D eigenvalue weighted by Crippen LogP contribution is -2.14. The number of pyridine rings is 1. The van der Waals surface area contributed by atoms with Crippen molar-refractivity contribution in [2.45, 2.75) is 6.92 Å². The Morgan fingerprint density at radius 3 is 2.65 bits per heavy atom. The predicted octanol–water partition coefficient (Wildman–Crippen LogP) is 3.12. The van der Waals surface area contributed by atoms with Crippen molar-refractivity contribution < 1.29 is 5.21 Å². The van der Waals surface area contributed by atoms with E-state index >= 15 is 0 Å². The third kappa shape index (κ3) is 2.77. The summed E-state index contributed by atoms with van der Waals surface area (Å²) in [6.07, 6.45) is 3.14. The quantitative estimate of drug-likeness (QED) is 0.548. The zero-order chi connectivity index (χ0) is 18.1. The van der Waals surface area contributed by atoms with Gasteiger partial charge in [-0.25, -0.2) is 10.1 Å². The standard InChI is InChI=1S/C20H16N4O2/c1-13-7-9-14(10-8-13)16-12-21-23-20(25)19(16)22-17-5-2-6-18-15(17)4-3-11-24(18)26/h2-12,26H,1H3,(H,23,25). The minimum absolute atomic E-state index is 0.282. The van der Waals surface area contributed by atoms with Gasteiger partial charge < -0.3 is 5.21 Å². The van der Waals surface area contributed by atoms with Crippen LogP contribution in [0.5, 0.6) is 0 Å². The molecule has 0 amide bonds. The Morgan fingerprint density at radius 1 is 1.04 bits per heavy atom. The second kappa shape index (κ2) is 6.33. The molecular formula is C20H16N4O2. The summed E-state index contributed by atoms with van der Waals surface area (Å²) in [4.78, 5) is 17.0. The van der Waals surface area contributed by atoms with Crippen molar-refractivity contribution in [2.24, 2.45) is 4.99 Å². The van der Waals surface area contributed by atoms with E-state index in [4.69, 9.17) is 0 Å². The molecule has 26 heavy (non-hydrogen) atoms. The first-order chi connectivity index (χ1) is 12.6. The van der Waals surface area contributed by atoms with Crippen LogP contribution < -0.4 is 10.9 Å². The number of aromatic nitrogens is 3. The van der Waals surface area contributed by atoms with Crippen LogP contribution in [0.15, 0.2) is 76.8 Å². The molecule has 0 radical (unpaired) electrons. The van der Waals surface area contributed by atoms with Crippen LogP contribution in [-0.4, -0.2) is 20.1 Å². The molecule has 0 atom stereocenters. The Balaban J connectivity index is 1.98. The largest absolute Gasteiger partial charge is 0.428 e. The van der Waals surface area contributed by atoms with Crippen molar-refractivity contribution in [1.82, 2.24) is 14.9 Å². The van der Waals surface area contributed by atoms with Crippen LogP contribution in [0.25, 0.3) is 22.4 Å². The summed E-state index contributed by atoms with van der Waals surface area (Å²) in [6.45, 7) is 2.01. The molecule has 0 saturated carbocycles. The van der Waals surface area contributed by atoms with E-state index in [9.17, 15) is 10.0 Å². The molecule has 4 rings (SSSR count). The maximum Gasteiger partial charge on any atom is 0.290 e. The second-order valence-electron chi connectivity index (χ2n) is 6.00. The highest BCUT2D eigenvalue weighted by atomic mass is 16.5. The smallest absolute Gasteiger partial charge is 0.290 e. The Labute approximate surface area is 149 Å². The van der Waals surface area contributed by atoms with Crippen LogP contribution in [0.3, 0.4) is 0 Å². The highest BCUT2D eigenvalue weighted by molar-refractivity contribution is 5.74. The number of fused-ring (bicyclic) bond motifs is 1. The molecule has 6 heteroatoms. The van der Waals surface area contributed by atoms with E-state index in [1.165, 1.54) is 0 Å². The zero-order valence-corrected chi connectivity index (χ0v) is 14.0. The molecule has 0 spiro atoms. The van der Waals surface area contributed by atoms with Crippen LogP contribution in [0.1, 0.15) is 5.56 Å². The topological polar surface area (TPSA) is 83.3 Å². The van der Waals surface area contributed by atoms with E-state index in [2.05, 4.69) is 15.2 Å². The van der Waals surface area contributed by atoms with Crippen LogP contribution in [-0.2, 0) is 0 Å². The predicted molar refractivity (Wildman–Crippen MR) is 98.5 cm³/mol. The van der Waals surface area contributed by atoms with Gasteiger partial charge >= 0.3 is 0 Å². The van der Waals surface area contributed by atoms with E-state index in [-0.39, 0.29) is 11.2 Å². The molecule has 1 aliphatic heterocycles. The van der Waals surface area contributed by atoms with E-state index in [0.717, 1.165) is 21.4 Å². The van der Waals surface area contributed by atoms with Crippen molar-refractivity contribution in [1.29, 1.82) is 0 Å². The van der Waals surface area contributed by atoms with Gasteiger partial charge in [0.1, 0.15) is 5.69 Å². The van der Waals surface area contributed by atoms with E-state index in [1.54, 1.807) is 36.7 Å². The number of H-pyrrole nitrogens is 1.